The van der Waals surface area contributed by atoms with E-state index < -0.39 is 8.15 Å². The molecular formula is C13H19O2P. The van der Waals surface area contributed by atoms with Gasteiger partial charge in [0, 0.05) is 10.7 Å². The minimum Gasteiger partial charge on any atom is -0.380 e. The number of rotatable bonds is 5. The van der Waals surface area contributed by atoms with Crippen LogP contribution in [-0.4, -0.2) is 26.0 Å². The van der Waals surface area contributed by atoms with E-state index in [1.54, 1.807) is 0 Å². The Kier molecular flexibility index (Phi) is 3.96. The number of hydrogen-bond acceptors (Lipinski definition) is 2. The van der Waals surface area contributed by atoms with E-state index in [4.69, 9.17) is 9.26 Å². The highest BCUT2D eigenvalue weighted by molar-refractivity contribution is 7.60. The van der Waals surface area contributed by atoms with Gasteiger partial charge in [0.1, 0.15) is 0 Å². The molecule has 0 saturated carbocycles. The molecule has 1 aliphatic heterocycles. The molecule has 2 rings (SSSR count). The lowest BCUT2D eigenvalue weighted by Crippen LogP contribution is -2.43. The summed E-state index contributed by atoms with van der Waals surface area (Å²) in [6.07, 6.45) is 1.08. The molecule has 88 valence electrons. The van der Waals surface area contributed by atoms with Crippen molar-refractivity contribution in [3.63, 3.8) is 0 Å². The van der Waals surface area contributed by atoms with Crippen LogP contribution in [-0.2, 0) is 9.26 Å². The first-order chi connectivity index (χ1) is 7.73. The van der Waals surface area contributed by atoms with Crippen LogP contribution in [0.25, 0.3) is 0 Å². The Morgan fingerprint density at radius 2 is 2.00 bits per heavy atom. The minimum atomic E-state index is -0.445. The number of hydrogen-bond donors (Lipinski definition) is 0. The zero-order valence-corrected chi connectivity index (χ0v) is 10.9. The Hall–Kier alpha value is -0.430. The Balaban J connectivity index is 1.91. The van der Waals surface area contributed by atoms with E-state index >= 15 is 0 Å². The largest absolute Gasteiger partial charge is 0.380 e. The van der Waals surface area contributed by atoms with Gasteiger partial charge in [-0.1, -0.05) is 44.2 Å². The Morgan fingerprint density at radius 1 is 1.31 bits per heavy atom. The average Bonchev–Trinajstić information content (AvgIpc) is 2.29. The lowest BCUT2D eigenvalue weighted by atomic mass is 9.90. The van der Waals surface area contributed by atoms with Crippen LogP contribution in [0.2, 0.25) is 0 Å². The van der Waals surface area contributed by atoms with Crippen LogP contribution >= 0.6 is 8.15 Å². The third-order valence-electron chi connectivity index (χ3n) is 2.80. The molecule has 1 aromatic rings. The lowest BCUT2D eigenvalue weighted by molar-refractivity contribution is -0.118. The van der Waals surface area contributed by atoms with Crippen LogP contribution < -0.4 is 5.30 Å². The van der Waals surface area contributed by atoms with E-state index in [0.717, 1.165) is 26.0 Å². The van der Waals surface area contributed by atoms with Crippen molar-refractivity contribution in [1.29, 1.82) is 0 Å². The monoisotopic (exact) mass is 238 g/mol. The summed E-state index contributed by atoms with van der Waals surface area (Å²) in [7, 11) is -0.445. The molecule has 16 heavy (non-hydrogen) atoms. The highest BCUT2D eigenvalue weighted by Crippen LogP contribution is 2.39. The van der Waals surface area contributed by atoms with E-state index in [1.807, 2.05) is 6.07 Å². The van der Waals surface area contributed by atoms with Gasteiger partial charge in [-0.25, -0.2) is 0 Å². The first-order valence-corrected chi connectivity index (χ1v) is 7.21. The van der Waals surface area contributed by atoms with Crippen molar-refractivity contribution >= 4 is 13.5 Å². The van der Waals surface area contributed by atoms with Gasteiger partial charge in [0.05, 0.1) is 28.0 Å². The maximum absolute atomic E-state index is 6.07. The normalized spacial score (nSPS) is 20.1. The fraction of sp³-hybridized carbons (Fsp3) is 0.538. The molecule has 0 aliphatic carbocycles. The molecule has 1 unspecified atom stereocenters. The SMILES string of the molecule is CCP(OCC1(C)COC1)c1ccccc1. The molecule has 3 heteroatoms. The highest BCUT2D eigenvalue weighted by atomic mass is 31.1. The van der Waals surface area contributed by atoms with Gasteiger partial charge in [0.25, 0.3) is 0 Å². The highest BCUT2D eigenvalue weighted by Gasteiger charge is 2.34. The molecule has 1 atom stereocenters. The Morgan fingerprint density at radius 3 is 2.50 bits per heavy atom. The summed E-state index contributed by atoms with van der Waals surface area (Å²) >= 11 is 0. The van der Waals surface area contributed by atoms with Gasteiger partial charge < -0.3 is 9.26 Å². The molecule has 0 N–H and O–H groups in total. The quantitative estimate of drug-likeness (QED) is 0.734. The Labute approximate surface area is 98.8 Å². The molecule has 2 nitrogen and oxygen atoms in total. The number of ether oxygens (including phenoxy) is 1. The van der Waals surface area contributed by atoms with Gasteiger partial charge in [0.15, 0.2) is 0 Å². The molecule has 1 saturated heterocycles. The van der Waals surface area contributed by atoms with Crippen LogP contribution in [0.1, 0.15) is 13.8 Å². The predicted molar refractivity (Wildman–Crippen MR) is 68.4 cm³/mol. The lowest BCUT2D eigenvalue weighted by Gasteiger charge is -2.38. The molecule has 1 aliphatic rings. The predicted octanol–water partition coefficient (Wildman–Crippen LogP) is 2.78. The van der Waals surface area contributed by atoms with Crippen molar-refractivity contribution in [2.75, 3.05) is 26.0 Å². The van der Waals surface area contributed by atoms with Crippen molar-refractivity contribution < 1.29 is 9.26 Å². The second kappa shape index (κ2) is 5.27. The first-order valence-electron chi connectivity index (χ1n) is 5.77. The fourth-order valence-electron chi connectivity index (χ4n) is 1.71. The van der Waals surface area contributed by atoms with Crippen molar-refractivity contribution in [1.82, 2.24) is 0 Å². The van der Waals surface area contributed by atoms with Crippen LogP contribution in [0, 0.1) is 5.41 Å². The van der Waals surface area contributed by atoms with Crippen molar-refractivity contribution in [3.05, 3.63) is 30.3 Å². The van der Waals surface area contributed by atoms with E-state index in [2.05, 4.69) is 38.1 Å². The zero-order chi connectivity index (χ0) is 11.4. The Bertz CT molecular complexity index is 322. The van der Waals surface area contributed by atoms with Gasteiger partial charge in [-0.05, 0) is 6.16 Å². The van der Waals surface area contributed by atoms with Crippen molar-refractivity contribution in [2.45, 2.75) is 13.8 Å². The van der Waals surface area contributed by atoms with Gasteiger partial charge in [-0.15, -0.1) is 0 Å². The number of benzene rings is 1. The summed E-state index contributed by atoms with van der Waals surface area (Å²) in [4.78, 5) is 0. The van der Waals surface area contributed by atoms with E-state index in [0.29, 0.717) is 0 Å². The van der Waals surface area contributed by atoms with Crippen molar-refractivity contribution in [2.24, 2.45) is 5.41 Å². The molecular weight excluding hydrogens is 219 g/mol. The van der Waals surface area contributed by atoms with E-state index in [1.165, 1.54) is 5.30 Å². The summed E-state index contributed by atoms with van der Waals surface area (Å²) in [6.45, 7) is 6.92. The van der Waals surface area contributed by atoms with E-state index in [9.17, 15) is 0 Å². The second-order valence-corrected chi connectivity index (χ2v) is 6.77. The van der Waals surface area contributed by atoms with Crippen LogP contribution in [0.5, 0.6) is 0 Å². The molecule has 1 aromatic carbocycles. The molecule has 0 spiro atoms. The van der Waals surface area contributed by atoms with Gasteiger partial charge >= 0.3 is 0 Å². The summed E-state index contributed by atoms with van der Waals surface area (Å²) in [5.41, 5.74) is 0.254. The maximum Gasteiger partial charge on any atom is 0.0611 e. The van der Waals surface area contributed by atoms with E-state index in [-0.39, 0.29) is 5.41 Å². The molecule has 1 fully saturated rings. The smallest absolute Gasteiger partial charge is 0.0611 e. The third-order valence-corrected chi connectivity index (χ3v) is 4.69. The van der Waals surface area contributed by atoms with Crippen LogP contribution in [0.4, 0.5) is 0 Å². The van der Waals surface area contributed by atoms with Crippen LogP contribution in [0.3, 0.4) is 0 Å². The summed E-state index contributed by atoms with van der Waals surface area (Å²) in [5, 5.41) is 1.34. The maximum atomic E-state index is 6.07. The summed E-state index contributed by atoms with van der Waals surface area (Å²) < 4.78 is 11.3. The third kappa shape index (κ3) is 2.82. The molecule has 1 heterocycles. The molecule has 0 bridgehead atoms. The summed E-state index contributed by atoms with van der Waals surface area (Å²) in [6, 6.07) is 10.5. The van der Waals surface area contributed by atoms with Crippen LogP contribution in [0.15, 0.2) is 30.3 Å². The summed E-state index contributed by atoms with van der Waals surface area (Å²) in [5.74, 6) is 0. The van der Waals surface area contributed by atoms with Gasteiger partial charge in [0.2, 0.25) is 0 Å². The topological polar surface area (TPSA) is 18.5 Å². The fourth-order valence-corrected chi connectivity index (χ4v) is 3.38. The molecule has 0 amide bonds. The van der Waals surface area contributed by atoms with Gasteiger partial charge in [-0.2, -0.15) is 0 Å². The average molecular weight is 238 g/mol. The molecule has 0 radical (unpaired) electrons. The standard InChI is InChI=1S/C13H19O2P/c1-3-16(12-7-5-4-6-8-12)15-11-13(2)9-14-10-13/h4-8H,3,9-11H2,1-2H3. The minimum absolute atomic E-state index is 0.254. The van der Waals surface area contributed by atoms with Gasteiger partial charge in [-0.3, -0.25) is 0 Å². The van der Waals surface area contributed by atoms with Crippen molar-refractivity contribution in [3.8, 4) is 0 Å². The first kappa shape index (κ1) is 12.0. The molecule has 0 aromatic heterocycles. The zero-order valence-electron chi connectivity index (χ0n) is 9.98. The second-order valence-electron chi connectivity index (χ2n) is 4.61.